The molecule has 3 nitrogen and oxygen atoms in total. The zero-order valence-electron chi connectivity index (χ0n) is 17.3. The van der Waals surface area contributed by atoms with Gasteiger partial charge in [0.2, 0.25) is 5.91 Å². The van der Waals surface area contributed by atoms with Gasteiger partial charge < -0.3 is 11.1 Å². The van der Waals surface area contributed by atoms with E-state index in [9.17, 15) is 4.79 Å². The maximum Gasteiger partial charge on any atom is 0.224 e. The minimum atomic E-state index is 0.0948. The second-order valence-electron chi connectivity index (χ2n) is 7.50. The molecule has 0 atom stereocenters. The number of hydrogen-bond donors (Lipinski definition) is 2. The Balaban J connectivity index is 1.86. The molecule has 1 aromatic rings. The number of unbranched alkanes of at least 4 members (excludes halogenated alkanes) is 11. The smallest absolute Gasteiger partial charge is 0.224 e. The van der Waals surface area contributed by atoms with Crippen molar-refractivity contribution in [1.29, 1.82) is 0 Å². The van der Waals surface area contributed by atoms with Crippen LogP contribution in [0.5, 0.6) is 0 Å². The lowest BCUT2D eigenvalue weighted by Gasteiger charge is -2.05. The SMILES string of the molecule is CCCCCCCCC=CCCCCCCCC(=O)Nc1ccc(N)cc1. The van der Waals surface area contributed by atoms with Crippen molar-refractivity contribution < 1.29 is 4.79 Å². The first-order chi connectivity index (χ1) is 13.2. The average molecular weight is 373 g/mol. The van der Waals surface area contributed by atoms with Crippen LogP contribution < -0.4 is 11.1 Å². The van der Waals surface area contributed by atoms with Crippen LogP contribution in [0.2, 0.25) is 0 Å². The second-order valence-corrected chi connectivity index (χ2v) is 7.50. The van der Waals surface area contributed by atoms with E-state index in [1.807, 2.05) is 12.1 Å². The third kappa shape index (κ3) is 14.0. The lowest BCUT2D eigenvalue weighted by atomic mass is 10.1. The number of carbonyl (C=O) groups excluding carboxylic acids is 1. The fourth-order valence-corrected chi connectivity index (χ4v) is 3.15. The van der Waals surface area contributed by atoms with Crippen LogP contribution >= 0.6 is 0 Å². The maximum atomic E-state index is 11.9. The molecule has 3 N–H and O–H groups in total. The van der Waals surface area contributed by atoms with Crippen LogP contribution in [-0.2, 0) is 4.79 Å². The van der Waals surface area contributed by atoms with Crippen LogP contribution in [0, 0.1) is 0 Å². The third-order valence-electron chi connectivity index (χ3n) is 4.86. The van der Waals surface area contributed by atoms with Gasteiger partial charge in [0.1, 0.15) is 0 Å². The van der Waals surface area contributed by atoms with Crippen molar-refractivity contribution in [1.82, 2.24) is 0 Å². The summed E-state index contributed by atoms with van der Waals surface area (Å²) in [4.78, 5) is 11.9. The van der Waals surface area contributed by atoms with E-state index in [2.05, 4.69) is 24.4 Å². The molecule has 152 valence electrons. The quantitative estimate of drug-likeness (QED) is 0.182. The van der Waals surface area contributed by atoms with Gasteiger partial charge in [0, 0.05) is 17.8 Å². The molecule has 27 heavy (non-hydrogen) atoms. The maximum absolute atomic E-state index is 11.9. The number of rotatable bonds is 16. The van der Waals surface area contributed by atoms with Crippen molar-refractivity contribution in [2.45, 2.75) is 96.8 Å². The Kier molecular flexibility index (Phi) is 14.1. The van der Waals surface area contributed by atoms with Gasteiger partial charge in [-0.1, -0.05) is 70.4 Å². The molecule has 0 unspecified atom stereocenters. The first-order valence-electron chi connectivity index (χ1n) is 11.0. The van der Waals surface area contributed by atoms with E-state index in [0.717, 1.165) is 18.5 Å². The molecular weight excluding hydrogens is 332 g/mol. The van der Waals surface area contributed by atoms with Crippen LogP contribution in [0.15, 0.2) is 36.4 Å². The molecule has 0 spiro atoms. The summed E-state index contributed by atoms with van der Waals surface area (Å²) in [5.41, 5.74) is 7.17. The second kappa shape index (κ2) is 16.4. The van der Waals surface area contributed by atoms with Gasteiger partial charge in [-0.05, 0) is 56.4 Å². The monoisotopic (exact) mass is 372 g/mol. The number of nitrogen functional groups attached to an aromatic ring is 1. The highest BCUT2D eigenvalue weighted by atomic mass is 16.1. The van der Waals surface area contributed by atoms with Gasteiger partial charge >= 0.3 is 0 Å². The highest BCUT2D eigenvalue weighted by Gasteiger charge is 2.02. The molecule has 0 aliphatic heterocycles. The molecule has 0 aliphatic rings. The number of anilines is 2. The Morgan fingerprint density at radius 2 is 1.33 bits per heavy atom. The fourth-order valence-electron chi connectivity index (χ4n) is 3.15. The Morgan fingerprint density at radius 3 is 1.93 bits per heavy atom. The summed E-state index contributed by atoms with van der Waals surface area (Å²) < 4.78 is 0. The van der Waals surface area contributed by atoms with E-state index < -0.39 is 0 Å². The zero-order chi connectivity index (χ0) is 19.6. The van der Waals surface area contributed by atoms with Crippen molar-refractivity contribution >= 4 is 17.3 Å². The van der Waals surface area contributed by atoms with Crippen LogP contribution in [0.3, 0.4) is 0 Å². The molecule has 0 bridgehead atoms. The summed E-state index contributed by atoms with van der Waals surface area (Å²) in [6.07, 6.45) is 21.9. The van der Waals surface area contributed by atoms with Crippen molar-refractivity contribution in [3.05, 3.63) is 36.4 Å². The average Bonchev–Trinajstić information content (AvgIpc) is 2.66. The van der Waals surface area contributed by atoms with Crippen LogP contribution in [-0.4, -0.2) is 5.91 Å². The van der Waals surface area contributed by atoms with E-state index in [1.165, 1.54) is 70.6 Å². The topological polar surface area (TPSA) is 55.1 Å². The molecule has 1 aromatic carbocycles. The van der Waals surface area contributed by atoms with Crippen LogP contribution in [0.1, 0.15) is 96.8 Å². The first kappa shape index (κ1) is 23.3. The zero-order valence-corrected chi connectivity index (χ0v) is 17.3. The van der Waals surface area contributed by atoms with Gasteiger partial charge in [-0.2, -0.15) is 0 Å². The Morgan fingerprint density at radius 1 is 0.815 bits per heavy atom. The molecule has 0 aliphatic carbocycles. The van der Waals surface area contributed by atoms with Crippen molar-refractivity contribution in [2.24, 2.45) is 0 Å². The highest BCUT2D eigenvalue weighted by molar-refractivity contribution is 5.90. The first-order valence-corrected chi connectivity index (χ1v) is 11.0. The van der Waals surface area contributed by atoms with Crippen molar-refractivity contribution in [3.8, 4) is 0 Å². The molecule has 0 aromatic heterocycles. The molecule has 0 saturated heterocycles. The Labute approximate surface area is 166 Å². The van der Waals surface area contributed by atoms with Gasteiger partial charge in [-0.25, -0.2) is 0 Å². The summed E-state index contributed by atoms with van der Waals surface area (Å²) in [6.45, 7) is 2.27. The van der Waals surface area contributed by atoms with E-state index >= 15 is 0 Å². The lowest BCUT2D eigenvalue weighted by molar-refractivity contribution is -0.116. The summed E-state index contributed by atoms with van der Waals surface area (Å²) >= 11 is 0. The normalized spacial score (nSPS) is 11.1. The minimum Gasteiger partial charge on any atom is -0.399 e. The standard InChI is InChI=1S/C24H40N2O/c1-2-3-4-5-6-7-8-9-10-11-12-13-14-15-16-17-24(27)26-23-20-18-22(25)19-21-23/h9-10,18-21H,2-8,11-17,25H2,1H3,(H,26,27). The number of benzene rings is 1. The number of carbonyl (C=O) groups is 1. The molecule has 0 heterocycles. The molecular formula is C24H40N2O. The highest BCUT2D eigenvalue weighted by Crippen LogP contribution is 2.13. The van der Waals surface area contributed by atoms with Gasteiger partial charge in [0.15, 0.2) is 0 Å². The van der Waals surface area contributed by atoms with Crippen LogP contribution in [0.25, 0.3) is 0 Å². The van der Waals surface area contributed by atoms with Gasteiger partial charge in [-0.3, -0.25) is 4.79 Å². The fraction of sp³-hybridized carbons (Fsp3) is 0.625. The van der Waals surface area contributed by atoms with E-state index in [4.69, 9.17) is 5.73 Å². The van der Waals surface area contributed by atoms with Gasteiger partial charge in [-0.15, -0.1) is 0 Å². The molecule has 1 amide bonds. The Bertz CT molecular complexity index is 508. The predicted molar refractivity (Wildman–Crippen MR) is 119 cm³/mol. The third-order valence-corrected chi connectivity index (χ3v) is 4.86. The molecule has 0 radical (unpaired) electrons. The summed E-state index contributed by atoms with van der Waals surface area (Å²) in [5, 5.41) is 2.92. The Hall–Kier alpha value is -1.77. The largest absolute Gasteiger partial charge is 0.399 e. The number of hydrogen-bond acceptors (Lipinski definition) is 2. The van der Waals surface area contributed by atoms with E-state index in [-0.39, 0.29) is 5.91 Å². The number of amides is 1. The summed E-state index contributed by atoms with van der Waals surface area (Å²) in [5.74, 6) is 0.0948. The molecule has 0 saturated carbocycles. The number of nitrogens with one attached hydrogen (secondary N) is 1. The van der Waals surface area contributed by atoms with Gasteiger partial charge in [0.25, 0.3) is 0 Å². The minimum absolute atomic E-state index is 0.0948. The van der Waals surface area contributed by atoms with Crippen molar-refractivity contribution in [2.75, 3.05) is 11.1 Å². The predicted octanol–water partition coefficient (Wildman–Crippen LogP) is 7.24. The van der Waals surface area contributed by atoms with E-state index in [0.29, 0.717) is 12.1 Å². The van der Waals surface area contributed by atoms with Crippen molar-refractivity contribution in [3.63, 3.8) is 0 Å². The summed E-state index contributed by atoms with van der Waals surface area (Å²) in [6, 6.07) is 7.29. The molecule has 1 rings (SSSR count). The lowest BCUT2D eigenvalue weighted by Crippen LogP contribution is -2.10. The van der Waals surface area contributed by atoms with Gasteiger partial charge in [0.05, 0.1) is 0 Å². The molecule has 3 heteroatoms. The molecule has 0 fully saturated rings. The van der Waals surface area contributed by atoms with Crippen LogP contribution in [0.4, 0.5) is 11.4 Å². The van der Waals surface area contributed by atoms with E-state index in [1.54, 1.807) is 12.1 Å². The number of allylic oxidation sites excluding steroid dienone is 2. The number of nitrogens with two attached hydrogens (primary N) is 1. The summed E-state index contributed by atoms with van der Waals surface area (Å²) in [7, 11) is 0.